The van der Waals surface area contributed by atoms with Crippen molar-refractivity contribution in [3.8, 4) is 0 Å². The lowest BCUT2D eigenvalue weighted by atomic mass is 10.2. The summed E-state index contributed by atoms with van der Waals surface area (Å²) in [7, 11) is 0. The van der Waals surface area contributed by atoms with Gasteiger partial charge in [-0.05, 0) is 12.1 Å². The summed E-state index contributed by atoms with van der Waals surface area (Å²) in [5, 5.41) is 1.76. The fourth-order valence-electron chi connectivity index (χ4n) is 1.44. The van der Waals surface area contributed by atoms with Gasteiger partial charge < -0.3 is 0 Å². The van der Waals surface area contributed by atoms with E-state index in [2.05, 4.69) is 18.7 Å². The van der Waals surface area contributed by atoms with Gasteiger partial charge in [0.15, 0.2) is 0 Å². The van der Waals surface area contributed by atoms with E-state index in [1.807, 2.05) is 36.6 Å². The van der Waals surface area contributed by atoms with Gasteiger partial charge in [0.2, 0.25) is 0 Å². The Morgan fingerprint density at radius 1 is 1.27 bits per heavy atom. The Kier molecular flexibility index (Phi) is 3.00. The quantitative estimate of drug-likeness (QED) is 0.693. The maximum Gasteiger partial charge on any atom is 0.0932 e. The van der Waals surface area contributed by atoms with Crippen LogP contribution >= 0.6 is 0 Å². The SMILES string of the molecule is C=CCON1C=CC=Cc2ccccc21. The van der Waals surface area contributed by atoms with E-state index in [0.29, 0.717) is 6.61 Å². The molecule has 2 heteroatoms. The van der Waals surface area contributed by atoms with Gasteiger partial charge in [0, 0.05) is 11.8 Å². The lowest BCUT2D eigenvalue weighted by Gasteiger charge is -2.19. The van der Waals surface area contributed by atoms with Crippen LogP contribution in [0, 0.1) is 0 Å². The molecule has 0 fully saturated rings. The number of hydrogen-bond donors (Lipinski definition) is 0. The molecule has 0 radical (unpaired) electrons. The first-order valence-corrected chi connectivity index (χ1v) is 4.89. The van der Waals surface area contributed by atoms with E-state index in [0.717, 1.165) is 11.3 Å². The third kappa shape index (κ3) is 2.17. The van der Waals surface area contributed by atoms with Gasteiger partial charge >= 0.3 is 0 Å². The van der Waals surface area contributed by atoms with Crippen LogP contribution in [0.1, 0.15) is 5.56 Å². The molecular weight excluding hydrogens is 186 g/mol. The second kappa shape index (κ2) is 4.62. The topological polar surface area (TPSA) is 12.5 Å². The molecule has 0 saturated carbocycles. The Balaban J connectivity index is 2.30. The van der Waals surface area contributed by atoms with Gasteiger partial charge in [-0.3, -0.25) is 4.84 Å². The Morgan fingerprint density at radius 2 is 2.13 bits per heavy atom. The molecule has 1 aromatic rings. The predicted octanol–water partition coefficient (Wildman–Crippen LogP) is 3.15. The second-order valence-electron chi connectivity index (χ2n) is 3.17. The minimum atomic E-state index is 0.499. The molecule has 0 aliphatic carbocycles. The Labute approximate surface area is 89.7 Å². The van der Waals surface area contributed by atoms with Crippen LogP contribution in [0.5, 0.6) is 0 Å². The summed E-state index contributed by atoms with van der Waals surface area (Å²) < 4.78 is 0. The summed E-state index contributed by atoms with van der Waals surface area (Å²) in [5.74, 6) is 0. The second-order valence-corrected chi connectivity index (χ2v) is 3.17. The van der Waals surface area contributed by atoms with Gasteiger partial charge in [0.1, 0.15) is 0 Å². The average Bonchev–Trinajstić information content (AvgIpc) is 2.49. The van der Waals surface area contributed by atoms with Crippen LogP contribution in [0.25, 0.3) is 6.08 Å². The first-order valence-electron chi connectivity index (χ1n) is 4.89. The van der Waals surface area contributed by atoms with Crippen molar-refractivity contribution in [2.75, 3.05) is 11.7 Å². The molecule has 2 nitrogen and oxygen atoms in total. The van der Waals surface area contributed by atoms with Gasteiger partial charge in [0.05, 0.1) is 12.3 Å². The molecule has 2 rings (SSSR count). The molecule has 0 aromatic heterocycles. The summed E-state index contributed by atoms with van der Waals surface area (Å²) in [4.78, 5) is 5.53. The van der Waals surface area contributed by atoms with E-state index in [9.17, 15) is 0 Å². The van der Waals surface area contributed by atoms with E-state index >= 15 is 0 Å². The minimum Gasteiger partial charge on any atom is -0.265 e. The summed E-state index contributed by atoms with van der Waals surface area (Å²) in [6.45, 7) is 4.13. The van der Waals surface area contributed by atoms with E-state index < -0.39 is 0 Å². The molecule has 1 aliphatic heterocycles. The molecule has 0 bridgehead atoms. The van der Waals surface area contributed by atoms with Crippen molar-refractivity contribution < 1.29 is 4.84 Å². The molecule has 0 atom stereocenters. The van der Waals surface area contributed by atoms with Crippen molar-refractivity contribution in [3.63, 3.8) is 0 Å². The van der Waals surface area contributed by atoms with Crippen LogP contribution in [0.3, 0.4) is 0 Å². The van der Waals surface area contributed by atoms with Crippen molar-refractivity contribution in [3.05, 3.63) is 60.8 Å². The van der Waals surface area contributed by atoms with Crippen LogP contribution in [0.15, 0.2) is 55.3 Å². The Morgan fingerprint density at radius 3 is 3.00 bits per heavy atom. The highest BCUT2D eigenvalue weighted by atomic mass is 16.7. The molecule has 15 heavy (non-hydrogen) atoms. The van der Waals surface area contributed by atoms with Crippen LogP contribution in [-0.4, -0.2) is 6.61 Å². The van der Waals surface area contributed by atoms with E-state index in [4.69, 9.17) is 4.84 Å². The maximum absolute atomic E-state index is 5.53. The first-order chi connectivity index (χ1) is 7.42. The zero-order valence-corrected chi connectivity index (χ0v) is 8.47. The summed E-state index contributed by atoms with van der Waals surface area (Å²) in [5.41, 5.74) is 2.19. The van der Waals surface area contributed by atoms with Gasteiger partial charge in [-0.1, -0.05) is 36.4 Å². The third-order valence-corrected chi connectivity index (χ3v) is 2.11. The zero-order chi connectivity index (χ0) is 10.5. The highest BCUT2D eigenvalue weighted by Gasteiger charge is 2.08. The van der Waals surface area contributed by atoms with Crippen LogP contribution < -0.4 is 5.06 Å². The van der Waals surface area contributed by atoms with E-state index in [1.165, 1.54) is 0 Å². The Hall–Kier alpha value is -1.80. The fourth-order valence-corrected chi connectivity index (χ4v) is 1.44. The van der Waals surface area contributed by atoms with Crippen molar-refractivity contribution >= 4 is 11.8 Å². The molecule has 0 N–H and O–H groups in total. The molecule has 0 amide bonds. The standard InChI is InChI=1S/C13H13NO/c1-2-11-15-14-10-6-5-8-12-7-3-4-9-13(12)14/h2-10H,1,11H2. The lowest BCUT2D eigenvalue weighted by Crippen LogP contribution is -2.17. The Bertz CT molecular complexity index is 407. The number of para-hydroxylation sites is 1. The molecule has 0 spiro atoms. The smallest absolute Gasteiger partial charge is 0.0932 e. The lowest BCUT2D eigenvalue weighted by molar-refractivity contribution is 0.161. The number of anilines is 1. The summed E-state index contributed by atoms with van der Waals surface area (Å²) >= 11 is 0. The number of nitrogens with zero attached hydrogens (tertiary/aromatic N) is 1. The normalized spacial score (nSPS) is 13.5. The number of hydroxylamine groups is 1. The summed E-state index contributed by atoms with van der Waals surface area (Å²) in [6, 6.07) is 8.10. The van der Waals surface area contributed by atoms with Crippen LogP contribution in [-0.2, 0) is 4.84 Å². The van der Waals surface area contributed by atoms with E-state index in [1.54, 1.807) is 11.1 Å². The maximum atomic E-state index is 5.53. The number of hydrogen-bond acceptors (Lipinski definition) is 2. The van der Waals surface area contributed by atoms with Crippen LogP contribution in [0.2, 0.25) is 0 Å². The fraction of sp³-hybridized carbons (Fsp3) is 0.0769. The number of allylic oxidation sites excluding steroid dienone is 2. The molecule has 1 aromatic carbocycles. The number of fused-ring (bicyclic) bond motifs is 1. The molecule has 1 aliphatic rings. The third-order valence-electron chi connectivity index (χ3n) is 2.11. The largest absolute Gasteiger partial charge is 0.265 e. The monoisotopic (exact) mass is 199 g/mol. The predicted molar refractivity (Wildman–Crippen MR) is 63.2 cm³/mol. The molecule has 76 valence electrons. The van der Waals surface area contributed by atoms with Gasteiger partial charge in [0.25, 0.3) is 0 Å². The van der Waals surface area contributed by atoms with Gasteiger partial charge in [-0.25, -0.2) is 5.06 Å². The van der Waals surface area contributed by atoms with E-state index in [-0.39, 0.29) is 0 Å². The average molecular weight is 199 g/mol. The highest BCUT2D eigenvalue weighted by molar-refractivity contribution is 5.70. The summed E-state index contributed by atoms with van der Waals surface area (Å²) in [6.07, 6.45) is 9.63. The van der Waals surface area contributed by atoms with Crippen molar-refractivity contribution in [1.29, 1.82) is 0 Å². The van der Waals surface area contributed by atoms with Crippen molar-refractivity contribution in [1.82, 2.24) is 0 Å². The first kappa shape index (κ1) is 9.74. The highest BCUT2D eigenvalue weighted by Crippen LogP contribution is 2.24. The molecule has 0 saturated heterocycles. The molecule has 1 heterocycles. The number of benzene rings is 1. The van der Waals surface area contributed by atoms with Crippen molar-refractivity contribution in [2.24, 2.45) is 0 Å². The zero-order valence-electron chi connectivity index (χ0n) is 8.47. The van der Waals surface area contributed by atoms with Crippen molar-refractivity contribution in [2.45, 2.75) is 0 Å². The molecule has 0 unspecified atom stereocenters. The van der Waals surface area contributed by atoms with Crippen LogP contribution in [0.4, 0.5) is 5.69 Å². The van der Waals surface area contributed by atoms with Gasteiger partial charge in [-0.15, -0.1) is 6.58 Å². The number of rotatable bonds is 3. The molecular formula is C13H13NO. The minimum absolute atomic E-state index is 0.499. The van der Waals surface area contributed by atoms with Gasteiger partial charge in [-0.2, -0.15) is 0 Å².